The molecule has 0 aromatic heterocycles. The predicted octanol–water partition coefficient (Wildman–Crippen LogP) is -2.57. The normalized spacial score (nSPS) is 16.5. The Morgan fingerprint density at radius 1 is 1.53 bits per heavy atom. The number of benzene rings is 1. The molecule has 1 saturated heterocycles. The zero-order chi connectivity index (χ0) is 13.3. The number of carboxylic acid groups (broad SMARTS) is 1. The van der Waals surface area contributed by atoms with E-state index in [9.17, 15) is 18.7 Å². The summed E-state index contributed by atoms with van der Waals surface area (Å²) in [4.78, 5) is 12.3. The maximum absolute atomic E-state index is 13.6. The molecule has 19 heavy (non-hydrogen) atoms. The van der Waals surface area contributed by atoms with Crippen LogP contribution in [-0.4, -0.2) is 32.3 Å². The van der Waals surface area contributed by atoms with E-state index < -0.39 is 24.1 Å². The molecule has 1 fully saturated rings. The second-order valence-electron chi connectivity index (χ2n) is 4.15. The monoisotopic (exact) mass is 263 g/mol. The van der Waals surface area contributed by atoms with E-state index in [2.05, 4.69) is 0 Å². The predicted molar refractivity (Wildman–Crippen MR) is 58.3 cm³/mol. The van der Waals surface area contributed by atoms with Crippen LogP contribution in [0.4, 0.5) is 14.5 Å². The van der Waals surface area contributed by atoms with Crippen LogP contribution in [0.25, 0.3) is 0 Å². The molecule has 0 saturated carbocycles. The standard InChI is InChI=1S/C12H13F2NO3.Li/c1-18-11(12(16)17)7-2-3-9(14)10(4-7)15-5-8(13)6-15;/h2-4,8,11H,5-6H2,1H3,(H,16,17);/q;+1/p-1. The molecule has 1 atom stereocenters. The number of hydrogen-bond acceptors (Lipinski definition) is 4. The maximum atomic E-state index is 13.6. The summed E-state index contributed by atoms with van der Waals surface area (Å²) in [6.45, 7) is 0.229. The summed E-state index contributed by atoms with van der Waals surface area (Å²) in [6, 6.07) is 3.81. The van der Waals surface area contributed by atoms with Gasteiger partial charge in [-0.25, -0.2) is 8.78 Å². The van der Waals surface area contributed by atoms with Gasteiger partial charge in [0.05, 0.1) is 24.7 Å². The number of anilines is 1. The molecule has 0 bridgehead atoms. The van der Waals surface area contributed by atoms with Crippen molar-refractivity contribution in [3.05, 3.63) is 29.6 Å². The number of hydrogen-bond donors (Lipinski definition) is 0. The summed E-state index contributed by atoms with van der Waals surface area (Å²) in [5.41, 5.74) is 0.459. The Hall–Kier alpha value is -1.09. The molecule has 0 N–H and O–H groups in total. The molecular formula is C12H12F2LiNO3. The fourth-order valence-corrected chi connectivity index (χ4v) is 1.92. The van der Waals surface area contributed by atoms with Crippen LogP contribution in [-0.2, 0) is 9.53 Å². The van der Waals surface area contributed by atoms with Crippen molar-refractivity contribution >= 4 is 11.7 Å². The molecule has 1 aromatic carbocycles. The Bertz CT molecular complexity index is 466. The van der Waals surface area contributed by atoms with Gasteiger partial charge in [-0.05, 0) is 17.7 Å². The van der Waals surface area contributed by atoms with Gasteiger partial charge in [0.15, 0.2) is 0 Å². The second-order valence-corrected chi connectivity index (χ2v) is 4.15. The van der Waals surface area contributed by atoms with Crippen molar-refractivity contribution in [2.24, 2.45) is 0 Å². The van der Waals surface area contributed by atoms with E-state index in [1.165, 1.54) is 24.1 Å². The molecule has 0 spiro atoms. The quantitative estimate of drug-likeness (QED) is 0.560. The molecule has 1 heterocycles. The molecular weight excluding hydrogens is 251 g/mol. The topological polar surface area (TPSA) is 52.6 Å². The largest absolute Gasteiger partial charge is 1.00 e. The number of rotatable bonds is 4. The number of aliphatic carboxylic acids is 1. The van der Waals surface area contributed by atoms with Gasteiger partial charge in [0, 0.05) is 7.11 Å². The molecule has 7 heteroatoms. The van der Waals surface area contributed by atoms with Gasteiger partial charge in [-0.1, -0.05) is 6.07 Å². The van der Waals surface area contributed by atoms with Crippen LogP contribution in [0, 0.1) is 5.82 Å². The van der Waals surface area contributed by atoms with E-state index >= 15 is 0 Å². The molecule has 98 valence electrons. The van der Waals surface area contributed by atoms with Gasteiger partial charge in [0.1, 0.15) is 18.1 Å². The first kappa shape index (κ1) is 16.0. The van der Waals surface area contributed by atoms with E-state index in [-0.39, 0.29) is 43.2 Å². The molecule has 1 unspecified atom stereocenters. The van der Waals surface area contributed by atoms with Gasteiger partial charge < -0.3 is 19.5 Å². The third-order valence-corrected chi connectivity index (χ3v) is 2.90. The Morgan fingerprint density at radius 2 is 2.16 bits per heavy atom. The first-order valence-electron chi connectivity index (χ1n) is 5.45. The van der Waals surface area contributed by atoms with Crippen molar-refractivity contribution in [2.45, 2.75) is 12.3 Å². The number of alkyl halides is 1. The molecule has 0 amide bonds. The molecule has 1 aliphatic rings. The van der Waals surface area contributed by atoms with Crippen LogP contribution in [0.3, 0.4) is 0 Å². The van der Waals surface area contributed by atoms with Crippen molar-refractivity contribution < 1.29 is 42.3 Å². The number of carboxylic acids is 1. The van der Waals surface area contributed by atoms with Crippen molar-refractivity contribution in [1.82, 2.24) is 0 Å². The van der Waals surface area contributed by atoms with Crippen molar-refractivity contribution in [2.75, 3.05) is 25.1 Å². The van der Waals surface area contributed by atoms with Crippen molar-refractivity contribution in [3.8, 4) is 0 Å². The number of halogens is 2. The Morgan fingerprint density at radius 3 is 2.63 bits per heavy atom. The summed E-state index contributed by atoms with van der Waals surface area (Å²) in [5.74, 6) is -1.92. The molecule has 1 aliphatic heterocycles. The Kier molecular flexibility index (Phi) is 5.36. The molecule has 2 rings (SSSR count). The minimum atomic E-state index is -1.40. The first-order chi connectivity index (χ1) is 8.52. The summed E-state index contributed by atoms with van der Waals surface area (Å²) in [7, 11) is 1.23. The van der Waals surface area contributed by atoms with Crippen molar-refractivity contribution in [3.63, 3.8) is 0 Å². The van der Waals surface area contributed by atoms with Gasteiger partial charge in [0.2, 0.25) is 0 Å². The summed E-state index contributed by atoms with van der Waals surface area (Å²) in [6.07, 6.45) is -2.22. The van der Waals surface area contributed by atoms with E-state index in [1.54, 1.807) is 0 Å². The van der Waals surface area contributed by atoms with Gasteiger partial charge in [0.25, 0.3) is 0 Å². The van der Waals surface area contributed by atoms with Gasteiger partial charge in [-0.2, -0.15) is 0 Å². The van der Waals surface area contributed by atoms with Crippen molar-refractivity contribution in [1.29, 1.82) is 0 Å². The van der Waals surface area contributed by atoms with Crippen LogP contribution < -0.4 is 28.9 Å². The molecule has 0 radical (unpaired) electrons. The van der Waals surface area contributed by atoms with Crippen LogP contribution in [0.5, 0.6) is 0 Å². The van der Waals surface area contributed by atoms with E-state index in [1.807, 2.05) is 0 Å². The Labute approximate surface area is 121 Å². The number of methoxy groups -OCH3 is 1. The molecule has 4 nitrogen and oxygen atoms in total. The van der Waals surface area contributed by atoms with Crippen LogP contribution in [0.1, 0.15) is 11.7 Å². The summed E-state index contributed by atoms with van der Waals surface area (Å²) in [5, 5.41) is 10.8. The zero-order valence-corrected chi connectivity index (χ0v) is 10.7. The number of nitrogens with zero attached hydrogens (tertiary/aromatic N) is 1. The maximum Gasteiger partial charge on any atom is 1.00 e. The van der Waals surface area contributed by atoms with Gasteiger partial charge in [-0.3, -0.25) is 0 Å². The van der Waals surface area contributed by atoms with Crippen LogP contribution >= 0.6 is 0 Å². The zero-order valence-electron chi connectivity index (χ0n) is 10.7. The minimum absolute atomic E-state index is 0. The van der Waals surface area contributed by atoms with Crippen LogP contribution in [0.15, 0.2) is 18.2 Å². The second kappa shape index (κ2) is 6.37. The fourth-order valence-electron chi connectivity index (χ4n) is 1.92. The first-order valence-corrected chi connectivity index (χ1v) is 5.45. The number of ether oxygens (including phenoxy) is 1. The summed E-state index contributed by atoms with van der Waals surface area (Å²) < 4.78 is 31.1. The average molecular weight is 263 g/mol. The summed E-state index contributed by atoms with van der Waals surface area (Å²) >= 11 is 0. The van der Waals surface area contributed by atoms with E-state index in [0.717, 1.165) is 6.07 Å². The Balaban J connectivity index is 0.00000180. The SMILES string of the molecule is COC(C(=O)[O-])c1ccc(F)c(N2CC(F)C2)c1.[Li+]. The van der Waals surface area contributed by atoms with E-state index in [4.69, 9.17) is 4.74 Å². The third kappa shape index (κ3) is 3.27. The van der Waals surface area contributed by atoms with Gasteiger partial charge >= 0.3 is 18.9 Å². The number of carbonyl (C=O) groups is 1. The molecule has 0 aliphatic carbocycles. The van der Waals surface area contributed by atoms with E-state index in [0.29, 0.717) is 0 Å². The third-order valence-electron chi connectivity index (χ3n) is 2.90. The fraction of sp³-hybridized carbons (Fsp3) is 0.417. The van der Waals surface area contributed by atoms with Crippen LogP contribution in [0.2, 0.25) is 0 Å². The number of carbonyl (C=O) groups excluding carboxylic acids is 1. The smallest absolute Gasteiger partial charge is 0.547 e. The molecule has 1 aromatic rings. The minimum Gasteiger partial charge on any atom is -0.547 e. The van der Waals surface area contributed by atoms with Gasteiger partial charge in [-0.15, -0.1) is 0 Å². The average Bonchev–Trinajstić information content (AvgIpc) is 2.28.